The SMILES string of the molecule is COC(=O)c1cccc([C@H]2C[C@@H](N)C[C@@H](c3ccccc3)O2)c1. The number of ether oxygens (including phenoxy) is 2. The molecule has 1 aliphatic heterocycles. The first kappa shape index (κ1) is 15.7. The lowest BCUT2D eigenvalue weighted by molar-refractivity contribution is -0.0605. The topological polar surface area (TPSA) is 61.5 Å². The number of benzene rings is 2. The van der Waals surface area contributed by atoms with E-state index in [9.17, 15) is 4.79 Å². The van der Waals surface area contributed by atoms with Gasteiger partial charge in [-0.2, -0.15) is 0 Å². The van der Waals surface area contributed by atoms with Crippen molar-refractivity contribution in [1.29, 1.82) is 0 Å². The van der Waals surface area contributed by atoms with Crippen molar-refractivity contribution in [1.82, 2.24) is 0 Å². The Bertz CT molecular complexity index is 671. The summed E-state index contributed by atoms with van der Waals surface area (Å²) >= 11 is 0. The standard InChI is InChI=1S/C19H21NO3/c1-22-19(21)15-9-5-8-14(10-15)18-12-16(20)11-17(23-18)13-6-3-2-4-7-13/h2-10,16-18H,11-12,20H2,1H3/t16-,17-,18+/m0/s1. The number of carbonyl (C=O) groups excluding carboxylic acids is 1. The van der Waals surface area contributed by atoms with E-state index in [0.717, 1.165) is 24.0 Å². The van der Waals surface area contributed by atoms with Gasteiger partial charge in [-0.25, -0.2) is 4.79 Å². The molecule has 2 aromatic rings. The summed E-state index contributed by atoms with van der Waals surface area (Å²) in [5.74, 6) is -0.341. The molecule has 0 aliphatic carbocycles. The predicted octanol–water partition coefficient (Wildman–Crippen LogP) is 3.39. The van der Waals surface area contributed by atoms with E-state index in [1.165, 1.54) is 7.11 Å². The van der Waals surface area contributed by atoms with E-state index in [4.69, 9.17) is 15.2 Å². The number of methoxy groups -OCH3 is 1. The highest BCUT2D eigenvalue weighted by Crippen LogP contribution is 2.38. The molecule has 120 valence electrons. The van der Waals surface area contributed by atoms with Crippen LogP contribution in [0.2, 0.25) is 0 Å². The third kappa shape index (κ3) is 3.60. The van der Waals surface area contributed by atoms with Gasteiger partial charge in [-0.1, -0.05) is 42.5 Å². The van der Waals surface area contributed by atoms with Gasteiger partial charge in [-0.05, 0) is 36.1 Å². The van der Waals surface area contributed by atoms with Crippen molar-refractivity contribution in [3.63, 3.8) is 0 Å². The van der Waals surface area contributed by atoms with Crippen molar-refractivity contribution in [2.45, 2.75) is 31.1 Å². The van der Waals surface area contributed by atoms with Crippen LogP contribution in [0.4, 0.5) is 0 Å². The molecule has 1 heterocycles. The fraction of sp³-hybridized carbons (Fsp3) is 0.316. The Morgan fingerprint density at radius 2 is 1.70 bits per heavy atom. The number of carbonyl (C=O) groups is 1. The normalized spacial score (nSPS) is 24.2. The van der Waals surface area contributed by atoms with Crippen LogP contribution in [0.1, 0.15) is 46.5 Å². The van der Waals surface area contributed by atoms with E-state index in [1.807, 2.05) is 36.4 Å². The monoisotopic (exact) mass is 311 g/mol. The van der Waals surface area contributed by atoms with Crippen molar-refractivity contribution in [2.75, 3.05) is 7.11 Å². The maximum absolute atomic E-state index is 11.7. The third-order valence-corrected chi connectivity index (χ3v) is 4.21. The first-order valence-electron chi connectivity index (χ1n) is 7.81. The van der Waals surface area contributed by atoms with Gasteiger partial charge in [0.05, 0.1) is 24.9 Å². The molecule has 4 nitrogen and oxygen atoms in total. The van der Waals surface area contributed by atoms with Gasteiger partial charge in [0, 0.05) is 6.04 Å². The quantitative estimate of drug-likeness (QED) is 0.883. The van der Waals surface area contributed by atoms with Crippen LogP contribution in [0.15, 0.2) is 54.6 Å². The number of esters is 1. The van der Waals surface area contributed by atoms with E-state index >= 15 is 0 Å². The molecule has 0 bridgehead atoms. The largest absolute Gasteiger partial charge is 0.465 e. The minimum atomic E-state index is -0.341. The zero-order valence-corrected chi connectivity index (χ0v) is 13.1. The van der Waals surface area contributed by atoms with E-state index in [1.54, 1.807) is 6.07 Å². The summed E-state index contributed by atoms with van der Waals surface area (Å²) in [5, 5.41) is 0. The molecule has 0 amide bonds. The zero-order chi connectivity index (χ0) is 16.2. The van der Waals surface area contributed by atoms with E-state index in [0.29, 0.717) is 5.56 Å². The molecular formula is C19H21NO3. The van der Waals surface area contributed by atoms with Crippen LogP contribution < -0.4 is 5.73 Å². The van der Waals surface area contributed by atoms with Crippen molar-refractivity contribution >= 4 is 5.97 Å². The molecule has 23 heavy (non-hydrogen) atoms. The number of hydrogen-bond acceptors (Lipinski definition) is 4. The van der Waals surface area contributed by atoms with Crippen LogP contribution in [0.25, 0.3) is 0 Å². The van der Waals surface area contributed by atoms with Gasteiger partial charge in [0.25, 0.3) is 0 Å². The number of rotatable bonds is 3. The molecule has 0 aromatic heterocycles. The lowest BCUT2D eigenvalue weighted by Gasteiger charge is -2.34. The van der Waals surface area contributed by atoms with Gasteiger partial charge in [0.1, 0.15) is 0 Å². The van der Waals surface area contributed by atoms with Crippen LogP contribution in [-0.2, 0) is 9.47 Å². The molecule has 3 rings (SSSR count). The van der Waals surface area contributed by atoms with Gasteiger partial charge in [0.2, 0.25) is 0 Å². The molecule has 1 fully saturated rings. The molecular weight excluding hydrogens is 290 g/mol. The Morgan fingerprint density at radius 1 is 1.04 bits per heavy atom. The Kier molecular flexibility index (Phi) is 4.74. The molecule has 1 aliphatic rings. The molecule has 1 saturated heterocycles. The summed E-state index contributed by atoms with van der Waals surface area (Å²) in [4.78, 5) is 11.7. The highest BCUT2D eigenvalue weighted by atomic mass is 16.5. The Labute approximate surface area is 136 Å². The summed E-state index contributed by atoms with van der Waals surface area (Å²) in [6.07, 6.45) is 1.41. The Morgan fingerprint density at radius 3 is 2.39 bits per heavy atom. The minimum Gasteiger partial charge on any atom is -0.465 e. The van der Waals surface area contributed by atoms with Gasteiger partial charge in [-0.3, -0.25) is 0 Å². The van der Waals surface area contributed by atoms with Gasteiger partial charge < -0.3 is 15.2 Å². The molecule has 2 aromatic carbocycles. The Balaban J connectivity index is 1.83. The van der Waals surface area contributed by atoms with Crippen LogP contribution in [0, 0.1) is 0 Å². The predicted molar refractivity (Wildman–Crippen MR) is 88.0 cm³/mol. The second kappa shape index (κ2) is 6.94. The maximum atomic E-state index is 11.7. The second-order valence-electron chi connectivity index (χ2n) is 5.87. The molecule has 0 spiro atoms. The summed E-state index contributed by atoms with van der Waals surface area (Å²) in [5.41, 5.74) is 8.87. The van der Waals surface area contributed by atoms with Gasteiger partial charge in [-0.15, -0.1) is 0 Å². The molecule has 0 unspecified atom stereocenters. The lowest BCUT2D eigenvalue weighted by atomic mass is 9.91. The van der Waals surface area contributed by atoms with Crippen molar-refractivity contribution in [2.24, 2.45) is 5.73 Å². The van der Waals surface area contributed by atoms with E-state index in [2.05, 4.69) is 12.1 Å². The average Bonchev–Trinajstić information content (AvgIpc) is 2.61. The minimum absolute atomic E-state index is 0.0215. The van der Waals surface area contributed by atoms with E-state index < -0.39 is 0 Å². The molecule has 3 atom stereocenters. The fourth-order valence-corrected chi connectivity index (χ4v) is 3.04. The summed E-state index contributed by atoms with van der Waals surface area (Å²) in [6.45, 7) is 0. The lowest BCUT2D eigenvalue weighted by Crippen LogP contribution is -2.32. The summed E-state index contributed by atoms with van der Waals surface area (Å²) in [7, 11) is 1.38. The molecule has 0 saturated carbocycles. The van der Waals surface area contributed by atoms with Crippen molar-refractivity contribution in [3.05, 3.63) is 71.3 Å². The van der Waals surface area contributed by atoms with Crippen LogP contribution >= 0.6 is 0 Å². The average molecular weight is 311 g/mol. The highest BCUT2D eigenvalue weighted by molar-refractivity contribution is 5.89. The van der Waals surface area contributed by atoms with Crippen LogP contribution in [0.3, 0.4) is 0 Å². The molecule has 2 N–H and O–H groups in total. The number of nitrogens with two attached hydrogens (primary N) is 1. The van der Waals surface area contributed by atoms with E-state index in [-0.39, 0.29) is 24.2 Å². The fourth-order valence-electron chi connectivity index (χ4n) is 3.04. The smallest absolute Gasteiger partial charge is 0.337 e. The molecule has 4 heteroatoms. The summed E-state index contributed by atoms with van der Waals surface area (Å²) in [6, 6.07) is 17.6. The zero-order valence-electron chi connectivity index (χ0n) is 13.1. The Hall–Kier alpha value is -2.17. The highest BCUT2D eigenvalue weighted by Gasteiger charge is 2.29. The first-order chi connectivity index (χ1) is 11.2. The van der Waals surface area contributed by atoms with Crippen LogP contribution in [0.5, 0.6) is 0 Å². The maximum Gasteiger partial charge on any atom is 0.337 e. The van der Waals surface area contributed by atoms with Crippen molar-refractivity contribution in [3.8, 4) is 0 Å². The van der Waals surface area contributed by atoms with Gasteiger partial charge >= 0.3 is 5.97 Å². The number of hydrogen-bond donors (Lipinski definition) is 1. The summed E-state index contributed by atoms with van der Waals surface area (Å²) < 4.78 is 11.1. The first-order valence-corrected chi connectivity index (χ1v) is 7.81. The third-order valence-electron chi connectivity index (χ3n) is 4.21. The molecule has 0 radical (unpaired) electrons. The van der Waals surface area contributed by atoms with Crippen molar-refractivity contribution < 1.29 is 14.3 Å². The van der Waals surface area contributed by atoms with Gasteiger partial charge in [0.15, 0.2) is 0 Å². The second-order valence-corrected chi connectivity index (χ2v) is 5.87. The van der Waals surface area contributed by atoms with Crippen LogP contribution in [-0.4, -0.2) is 19.1 Å².